The predicted octanol–water partition coefficient (Wildman–Crippen LogP) is 3.14. The molecular weight excluding hydrogens is 429 g/mol. The number of nitrogens with zero attached hydrogens (tertiary/aromatic N) is 4. The fraction of sp³-hybridized carbons (Fsp3) is 0.348. The number of nitrogens with one attached hydrogen (secondary N) is 1. The maximum absolute atomic E-state index is 13.8. The van der Waals surface area contributed by atoms with Crippen LogP contribution in [0.5, 0.6) is 0 Å². The van der Waals surface area contributed by atoms with E-state index in [9.17, 15) is 14.0 Å². The molecule has 170 valence electrons. The van der Waals surface area contributed by atoms with Gasteiger partial charge in [0.25, 0.3) is 0 Å². The molecule has 1 spiro atoms. The van der Waals surface area contributed by atoms with Crippen molar-refractivity contribution in [1.82, 2.24) is 15.2 Å². The second-order valence-corrected chi connectivity index (χ2v) is 8.86. The van der Waals surface area contributed by atoms with Crippen LogP contribution in [0.25, 0.3) is 0 Å². The molecule has 2 fully saturated rings. The molecule has 33 heavy (non-hydrogen) atoms. The number of rotatable bonds is 7. The van der Waals surface area contributed by atoms with Crippen molar-refractivity contribution in [1.29, 1.82) is 0 Å². The minimum absolute atomic E-state index is 0.0948. The van der Waals surface area contributed by atoms with E-state index in [2.05, 4.69) is 25.4 Å². The van der Waals surface area contributed by atoms with E-state index in [0.717, 1.165) is 31.7 Å². The molecule has 1 saturated carbocycles. The van der Waals surface area contributed by atoms with Crippen LogP contribution in [-0.2, 0) is 11.2 Å². The molecule has 1 aromatic carbocycles. The van der Waals surface area contributed by atoms with Gasteiger partial charge >= 0.3 is 17.8 Å². The van der Waals surface area contributed by atoms with Crippen LogP contribution in [0.4, 0.5) is 15.9 Å². The third-order valence-corrected chi connectivity index (χ3v) is 6.25. The molecular formula is C23H22FN5O4. The number of carbonyl (C=O) groups is 2. The van der Waals surface area contributed by atoms with Crippen LogP contribution >= 0.6 is 0 Å². The van der Waals surface area contributed by atoms with E-state index < -0.39 is 11.9 Å². The highest BCUT2D eigenvalue weighted by molar-refractivity contribution is 6.00. The van der Waals surface area contributed by atoms with Gasteiger partial charge < -0.3 is 19.7 Å². The highest BCUT2D eigenvalue weighted by atomic mass is 19.1. The van der Waals surface area contributed by atoms with Crippen LogP contribution in [0.3, 0.4) is 0 Å². The van der Waals surface area contributed by atoms with Crippen LogP contribution in [0, 0.1) is 17.2 Å². The summed E-state index contributed by atoms with van der Waals surface area (Å²) in [5.74, 6) is -0.648. The first-order chi connectivity index (χ1) is 15.9. The van der Waals surface area contributed by atoms with Crippen LogP contribution in [-0.4, -0.2) is 45.3 Å². The Hall–Kier alpha value is -3.82. The molecule has 3 heterocycles. The van der Waals surface area contributed by atoms with Gasteiger partial charge in [0.15, 0.2) is 0 Å². The van der Waals surface area contributed by atoms with E-state index in [-0.39, 0.29) is 41.8 Å². The smallest absolute Gasteiger partial charge is 0.313 e. The van der Waals surface area contributed by atoms with Crippen molar-refractivity contribution in [2.45, 2.75) is 25.7 Å². The summed E-state index contributed by atoms with van der Waals surface area (Å²) in [4.78, 5) is 29.8. The highest BCUT2D eigenvalue weighted by Gasteiger charge is 2.52. The summed E-state index contributed by atoms with van der Waals surface area (Å²) in [5.41, 5.74) is 1.12. The van der Waals surface area contributed by atoms with Gasteiger partial charge in [0.05, 0.1) is 18.3 Å². The molecule has 10 heteroatoms. The number of carbonyl (C=O) groups excluding carboxylic acids is 1. The van der Waals surface area contributed by atoms with E-state index >= 15 is 0 Å². The van der Waals surface area contributed by atoms with Gasteiger partial charge in [-0.15, -0.1) is 10.2 Å². The normalized spacial score (nSPS) is 16.8. The third-order valence-electron chi connectivity index (χ3n) is 6.25. The zero-order valence-corrected chi connectivity index (χ0v) is 17.7. The fourth-order valence-electron chi connectivity index (χ4n) is 4.79. The molecule has 2 aromatic heterocycles. The number of carboxylic acids is 1. The SMILES string of the molecule is O=C(O)CC1CC2(C1)CN(c1ccc(NC(=O)c3nnc(Cc4ccccc4F)o3)cn1)C2. The first kappa shape index (κ1) is 21.0. The zero-order chi connectivity index (χ0) is 23.0. The second-order valence-electron chi connectivity index (χ2n) is 8.86. The van der Waals surface area contributed by atoms with E-state index in [1.165, 1.54) is 6.07 Å². The number of aromatic nitrogens is 3. The number of pyridine rings is 1. The van der Waals surface area contributed by atoms with Crippen molar-refractivity contribution >= 4 is 23.4 Å². The lowest BCUT2D eigenvalue weighted by Gasteiger charge is -2.59. The van der Waals surface area contributed by atoms with E-state index in [1.54, 1.807) is 30.5 Å². The Kier molecular flexibility index (Phi) is 5.27. The topological polar surface area (TPSA) is 121 Å². The summed E-state index contributed by atoms with van der Waals surface area (Å²) >= 11 is 0. The zero-order valence-electron chi connectivity index (χ0n) is 17.7. The third kappa shape index (κ3) is 4.41. The van der Waals surface area contributed by atoms with Crippen molar-refractivity contribution in [2.24, 2.45) is 11.3 Å². The minimum Gasteiger partial charge on any atom is -0.481 e. The summed E-state index contributed by atoms with van der Waals surface area (Å²) in [5, 5.41) is 19.1. The second kappa shape index (κ2) is 8.27. The summed E-state index contributed by atoms with van der Waals surface area (Å²) in [6.07, 6.45) is 3.81. The molecule has 2 N–H and O–H groups in total. The summed E-state index contributed by atoms with van der Waals surface area (Å²) in [7, 11) is 0. The molecule has 9 nitrogen and oxygen atoms in total. The lowest BCUT2D eigenvalue weighted by Crippen LogP contribution is -2.62. The number of benzene rings is 1. The molecule has 0 radical (unpaired) electrons. The van der Waals surface area contributed by atoms with Gasteiger partial charge in [0.2, 0.25) is 5.89 Å². The van der Waals surface area contributed by atoms with E-state index in [0.29, 0.717) is 11.3 Å². The molecule has 5 rings (SSSR count). The number of hydrogen-bond donors (Lipinski definition) is 2. The van der Waals surface area contributed by atoms with Crippen molar-refractivity contribution in [2.75, 3.05) is 23.3 Å². The molecule has 1 amide bonds. The first-order valence-corrected chi connectivity index (χ1v) is 10.7. The Morgan fingerprint density at radius 3 is 2.67 bits per heavy atom. The summed E-state index contributed by atoms with van der Waals surface area (Å²) in [6, 6.07) is 9.84. The van der Waals surface area contributed by atoms with Crippen molar-refractivity contribution in [3.63, 3.8) is 0 Å². The quantitative estimate of drug-likeness (QED) is 0.562. The van der Waals surface area contributed by atoms with Crippen molar-refractivity contribution < 1.29 is 23.5 Å². The molecule has 0 bridgehead atoms. The minimum atomic E-state index is -0.729. The number of carboxylic acid groups (broad SMARTS) is 1. The summed E-state index contributed by atoms with van der Waals surface area (Å²) in [6.45, 7) is 1.74. The van der Waals surface area contributed by atoms with Crippen molar-refractivity contribution in [3.8, 4) is 0 Å². The maximum atomic E-state index is 13.8. The van der Waals surface area contributed by atoms with Gasteiger partial charge in [-0.2, -0.15) is 0 Å². The Morgan fingerprint density at radius 1 is 1.18 bits per heavy atom. The summed E-state index contributed by atoms with van der Waals surface area (Å²) < 4.78 is 19.1. The molecule has 0 atom stereocenters. The number of anilines is 2. The Bertz CT molecular complexity index is 1180. The van der Waals surface area contributed by atoms with Crippen LogP contribution in [0.2, 0.25) is 0 Å². The van der Waals surface area contributed by atoms with Gasteiger partial charge in [-0.05, 0) is 42.5 Å². The number of halogens is 1. The lowest BCUT2D eigenvalue weighted by atomic mass is 9.57. The Balaban J connectivity index is 1.13. The maximum Gasteiger partial charge on any atom is 0.313 e. The van der Waals surface area contributed by atoms with Gasteiger partial charge in [0, 0.05) is 24.9 Å². The number of hydrogen-bond acceptors (Lipinski definition) is 7. The molecule has 2 aliphatic rings. The van der Waals surface area contributed by atoms with E-state index in [1.807, 2.05) is 6.07 Å². The van der Waals surface area contributed by atoms with Gasteiger partial charge in [-0.25, -0.2) is 9.37 Å². The molecule has 3 aromatic rings. The molecule has 1 saturated heterocycles. The molecule has 1 aliphatic carbocycles. The Labute approximate surface area is 188 Å². The first-order valence-electron chi connectivity index (χ1n) is 10.7. The largest absolute Gasteiger partial charge is 0.481 e. The number of amides is 1. The van der Waals surface area contributed by atoms with Crippen molar-refractivity contribution in [3.05, 3.63) is 65.8 Å². The Morgan fingerprint density at radius 2 is 1.97 bits per heavy atom. The lowest BCUT2D eigenvalue weighted by molar-refractivity contribution is -0.140. The van der Waals surface area contributed by atoms with Crippen LogP contribution < -0.4 is 10.2 Å². The van der Waals surface area contributed by atoms with Gasteiger partial charge in [0.1, 0.15) is 11.6 Å². The van der Waals surface area contributed by atoms with Crippen LogP contribution in [0.15, 0.2) is 47.0 Å². The van der Waals surface area contributed by atoms with Gasteiger partial charge in [-0.1, -0.05) is 18.2 Å². The van der Waals surface area contributed by atoms with E-state index in [4.69, 9.17) is 9.52 Å². The number of aliphatic carboxylic acids is 1. The fourth-order valence-corrected chi connectivity index (χ4v) is 4.79. The van der Waals surface area contributed by atoms with Gasteiger partial charge in [-0.3, -0.25) is 9.59 Å². The average molecular weight is 451 g/mol. The predicted molar refractivity (Wildman–Crippen MR) is 115 cm³/mol. The standard InChI is InChI=1S/C23H22FN5O4/c24-17-4-2-1-3-15(17)8-19-27-28-22(33-19)21(32)26-16-5-6-18(25-11-16)29-12-23(13-29)9-14(10-23)7-20(30)31/h1-6,11,14H,7-10,12-13H2,(H,26,32)(H,30,31). The average Bonchev–Trinajstić information content (AvgIpc) is 3.20. The van der Waals surface area contributed by atoms with Crippen LogP contribution in [0.1, 0.15) is 41.4 Å². The molecule has 0 unspecified atom stereocenters. The monoisotopic (exact) mass is 451 g/mol. The highest BCUT2D eigenvalue weighted by Crippen LogP contribution is 2.53. The molecule has 1 aliphatic heterocycles.